The number of benzene rings is 2. The highest BCUT2D eigenvalue weighted by Crippen LogP contribution is 2.24. The fraction of sp³-hybridized carbons (Fsp3) is 0.235. The molecule has 1 N–H and O–H groups in total. The number of methoxy groups -OCH3 is 1. The molecule has 0 aliphatic heterocycles. The molecule has 0 aliphatic rings. The number of nitrogens with one attached hydrogen (secondary N) is 1. The van der Waals surface area contributed by atoms with Gasteiger partial charge in [0.15, 0.2) is 0 Å². The molecule has 0 saturated carbocycles. The average molecular weight is 346 g/mol. The minimum absolute atomic E-state index is 0.0510. The number of amides is 1. The van der Waals surface area contributed by atoms with Crippen molar-refractivity contribution in [3.05, 3.63) is 63.7 Å². The van der Waals surface area contributed by atoms with Crippen molar-refractivity contribution in [3.63, 3.8) is 0 Å². The van der Waals surface area contributed by atoms with Crippen molar-refractivity contribution in [1.82, 2.24) is 0 Å². The summed E-state index contributed by atoms with van der Waals surface area (Å²) in [6.45, 7) is 2.00. The maximum absolute atomic E-state index is 12.0. The lowest BCUT2D eigenvalue weighted by Gasteiger charge is -2.09. The van der Waals surface area contributed by atoms with Gasteiger partial charge >= 0.3 is 0 Å². The largest absolute Gasteiger partial charge is 0.496 e. The lowest BCUT2D eigenvalue weighted by Crippen LogP contribution is -2.14. The highest BCUT2D eigenvalue weighted by atomic mass is 32.2. The molecule has 2 rings (SSSR count). The molecule has 0 aliphatic carbocycles. The molecule has 0 heterocycles. The minimum atomic E-state index is -0.492. The maximum Gasteiger partial charge on any atom is 0.271 e. The standard InChI is InChI=1S/C17H18N2O4S/c1-12-6-7-16(23-2)13(8-12)10-24-11-17(20)18-14-4-3-5-15(9-14)19(21)22/h3-9H,10-11H2,1-2H3,(H,18,20). The Hall–Kier alpha value is -2.54. The van der Waals surface area contributed by atoms with Gasteiger partial charge in [-0.05, 0) is 19.1 Å². The van der Waals surface area contributed by atoms with Crippen LogP contribution in [0.1, 0.15) is 11.1 Å². The van der Waals surface area contributed by atoms with Crippen molar-refractivity contribution in [2.75, 3.05) is 18.2 Å². The van der Waals surface area contributed by atoms with Crippen molar-refractivity contribution in [3.8, 4) is 5.75 Å². The van der Waals surface area contributed by atoms with Gasteiger partial charge in [-0.2, -0.15) is 0 Å². The van der Waals surface area contributed by atoms with Gasteiger partial charge in [0.25, 0.3) is 5.69 Å². The molecule has 0 aromatic heterocycles. The van der Waals surface area contributed by atoms with Crippen molar-refractivity contribution in [2.24, 2.45) is 0 Å². The van der Waals surface area contributed by atoms with Gasteiger partial charge in [0.05, 0.1) is 17.8 Å². The van der Waals surface area contributed by atoms with E-state index < -0.39 is 4.92 Å². The van der Waals surface area contributed by atoms with Gasteiger partial charge in [0, 0.05) is 29.1 Å². The van der Waals surface area contributed by atoms with Crippen LogP contribution in [0.5, 0.6) is 5.75 Å². The molecular formula is C17H18N2O4S. The number of aryl methyl sites for hydroxylation is 1. The second kappa shape index (κ2) is 8.35. The number of hydrogen-bond donors (Lipinski definition) is 1. The minimum Gasteiger partial charge on any atom is -0.496 e. The number of rotatable bonds is 7. The third-order valence-corrected chi connectivity index (χ3v) is 4.25. The molecule has 2 aromatic carbocycles. The Bertz CT molecular complexity index is 749. The monoisotopic (exact) mass is 346 g/mol. The van der Waals surface area contributed by atoms with E-state index in [2.05, 4.69) is 5.32 Å². The van der Waals surface area contributed by atoms with Gasteiger partial charge in [0.2, 0.25) is 5.91 Å². The van der Waals surface area contributed by atoms with Crippen LogP contribution in [0.25, 0.3) is 0 Å². The average Bonchev–Trinajstić information content (AvgIpc) is 2.55. The highest BCUT2D eigenvalue weighted by molar-refractivity contribution is 7.99. The summed E-state index contributed by atoms with van der Waals surface area (Å²) in [4.78, 5) is 22.2. The molecule has 0 spiro atoms. The zero-order valence-corrected chi connectivity index (χ0v) is 14.3. The second-order valence-electron chi connectivity index (χ2n) is 5.16. The number of hydrogen-bond acceptors (Lipinski definition) is 5. The zero-order valence-electron chi connectivity index (χ0n) is 13.4. The number of nitro groups is 1. The summed E-state index contributed by atoms with van der Waals surface area (Å²) in [6, 6.07) is 11.8. The highest BCUT2D eigenvalue weighted by Gasteiger charge is 2.09. The lowest BCUT2D eigenvalue weighted by molar-refractivity contribution is -0.384. The van der Waals surface area contributed by atoms with E-state index in [1.807, 2.05) is 25.1 Å². The molecule has 2 aromatic rings. The molecule has 0 atom stereocenters. The van der Waals surface area contributed by atoms with Gasteiger partial charge in [-0.1, -0.05) is 23.8 Å². The number of nitrogens with zero attached hydrogens (tertiary/aromatic N) is 1. The number of non-ortho nitro benzene ring substituents is 1. The SMILES string of the molecule is COc1ccc(C)cc1CSCC(=O)Nc1cccc([N+](=O)[O-])c1. The quantitative estimate of drug-likeness (QED) is 0.609. The molecule has 0 unspecified atom stereocenters. The smallest absolute Gasteiger partial charge is 0.271 e. The Kier molecular flexibility index (Phi) is 6.20. The first-order chi connectivity index (χ1) is 11.5. The van der Waals surface area contributed by atoms with Gasteiger partial charge in [-0.3, -0.25) is 14.9 Å². The van der Waals surface area contributed by atoms with Gasteiger partial charge in [0.1, 0.15) is 5.75 Å². The normalized spacial score (nSPS) is 10.2. The predicted molar refractivity (Wildman–Crippen MR) is 95.6 cm³/mol. The van der Waals surface area contributed by atoms with Crippen LogP contribution >= 0.6 is 11.8 Å². The molecule has 0 saturated heterocycles. The van der Waals surface area contributed by atoms with Gasteiger partial charge < -0.3 is 10.1 Å². The van der Waals surface area contributed by atoms with E-state index in [1.165, 1.54) is 23.9 Å². The van der Waals surface area contributed by atoms with E-state index >= 15 is 0 Å². The molecule has 126 valence electrons. The molecule has 6 nitrogen and oxygen atoms in total. The number of thioether (sulfide) groups is 1. The van der Waals surface area contributed by atoms with Crippen LogP contribution in [0.4, 0.5) is 11.4 Å². The van der Waals surface area contributed by atoms with Crippen LogP contribution in [-0.2, 0) is 10.5 Å². The third kappa shape index (κ3) is 4.99. The first-order valence-electron chi connectivity index (χ1n) is 7.25. The third-order valence-electron chi connectivity index (χ3n) is 3.27. The first-order valence-corrected chi connectivity index (χ1v) is 8.40. The molecule has 0 radical (unpaired) electrons. The van der Waals surface area contributed by atoms with E-state index in [9.17, 15) is 14.9 Å². The van der Waals surface area contributed by atoms with Gasteiger partial charge in [-0.25, -0.2) is 0 Å². The number of ether oxygens (including phenoxy) is 1. The fourth-order valence-electron chi connectivity index (χ4n) is 2.17. The summed E-state index contributed by atoms with van der Waals surface area (Å²) in [6.07, 6.45) is 0. The van der Waals surface area contributed by atoms with Crippen LogP contribution in [0.3, 0.4) is 0 Å². The van der Waals surface area contributed by atoms with E-state index in [1.54, 1.807) is 19.2 Å². The number of nitro benzene ring substituents is 1. The van der Waals surface area contributed by atoms with Crippen molar-refractivity contribution in [1.29, 1.82) is 0 Å². The molecule has 7 heteroatoms. The Morgan fingerprint density at radius 2 is 2.08 bits per heavy atom. The summed E-state index contributed by atoms with van der Waals surface area (Å²) in [5.41, 5.74) is 2.53. The first kappa shape index (κ1) is 17.8. The number of anilines is 1. The Morgan fingerprint density at radius 1 is 1.29 bits per heavy atom. The maximum atomic E-state index is 12.0. The topological polar surface area (TPSA) is 81.5 Å². The van der Waals surface area contributed by atoms with E-state index in [4.69, 9.17) is 4.74 Å². The molecule has 24 heavy (non-hydrogen) atoms. The summed E-state index contributed by atoms with van der Waals surface area (Å²) >= 11 is 1.46. The number of carbonyl (C=O) groups is 1. The summed E-state index contributed by atoms with van der Waals surface area (Å²) in [7, 11) is 1.62. The van der Waals surface area contributed by atoms with Crippen LogP contribution in [0, 0.1) is 17.0 Å². The summed E-state index contributed by atoms with van der Waals surface area (Å²) in [5, 5.41) is 13.4. The van der Waals surface area contributed by atoms with E-state index in [0.717, 1.165) is 16.9 Å². The van der Waals surface area contributed by atoms with Crippen molar-refractivity contribution < 1.29 is 14.5 Å². The Morgan fingerprint density at radius 3 is 2.79 bits per heavy atom. The lowest BCUT2D eigenvalue weighted by atomic mass is 10.1. The Balaban J connectivity index is 1.89. The molecule has 0 bridgehead atoms. The fourth-order valence-corrected chi connectivity index (χ4v) is 2.97. The van der Waals surface area contributed by atoms with Crippen molar-refractivity contribution >= 4 is 29.0 Å². The van der Waals surface area contributed by atoms with E-state index in [0.29, 0.717) is 11.4 Å². The summed E-state index contributed by atoms with van der Waals surface area (Å²) < 4.78 is 5.31. The molecule has 0 fully saturated rings. The molecular weight excluding hydrogens is 328 g/mol. The summed E-state index contributed by atoms with van der Waals surface area (Å²) in [5.74, 6) is 1.49. The van der Waals surface area contributed by atoms with Crippen LogP contribution in [0.2, 0.25) is 0 Å². The van der Waals surface area contributed by atoms with Crippen LogP contribution in [-0.4, -0.2) is 23.7 Å². The Labute approximate surface area is 144 Å². The number of carbonyl (C=O) groups excluding carboxylic acids is 1. The molecule has 1 amide bonds. The predicted octanol–water partition coefficient (Wildman–Crippen LogP) is 3.78. The van der Waals surface area contributed by atoms with Crippen LogP contribution < -0.4 is 10.1 Å². The van der Waals surface area contributed by atoms with Gasteiger partial charge in [-0.15, -0.1) is 11.8 Å². The van der Waals surface area contributed by atoms with Crippen LogP contribution in [0.15, 0.2) is 42.5 Å². The van der Waals surface area contributed by atoms with E-state index in [-0.39, 0.29) is 17.3 Å². The van der Waals surface area contributed by atoms with Crippen molar-refractivity contribution in [2.45, 2.75) is 12.7 Å². The second-order valence-corrected chi connectivity index (χ2v) is 6.15. The zero-order chi connectivity index (χ0) is 17.5.